The molecule has 204 valence electrons. The van der Waals surface area contributed by atoms with Crippen molar-refractivity contribution in [2.75, 3.05) is 14.2 Å². The molecule has 2 aromatic rings. The second-order valence-corrected chi connectivity index (χ2v) is 10.3. The Bertz CT molecular complexity index is 1320. The van der Waals surface area contributed by atoms with Crippen LogP contribution < -0.4 is 4.74 Å². The van der Waals surface area contributed by atoms with Crippen molar-refractivity contribution >= 4 is 11.6 Å². The predicted octanol–water partition coefficient (Wildman–Crippen LogP) is 1.12. The highest BCUT2D eigenvalue weighted by molar-refractivity contribution is 6.30. The molecular weight excluding hydrogens is 500 g/mol. The van der Waals surface area contributed by atoms with Crippen LogP contribution in [0.25, 0.3) is 0 Å². The van der Waals surface area contributed by atoms with E-state index in [2.05, 4.69) is 0 Å². The standard InChI is InChI=1S/C27H30O11/c1-10-20(29)24(33)25(36-4)26(37-10)38-16-9-27(2,34)8-11-5-13-19(22(31)17(11)16)23(32)18-14(21(13)30)6-12(35-3)7-15(18)28/h5-7,10,16,20,24-26,28-29,31,33-34H,8-9H2,1-4H3/t10-,16+,20+,24-,25-,26+,27-/m1/s1. The summed E-state index contributed by atoms with van der Waals surface area (Å²) in [5, 5.41) is 53.7. The minimum Gasteiger partial charge on any atom is -0.507 e. The number of fused-ring (bicyclic) bond motifs is 3. The van der Waals surface area contributed by atoms with Crippen LogP contribution in [0.15, 0.2) is 18.2 Å². The summed E-state index contributed by atoms with van der Waals surface area (Å²) >= 11 is 0. The largest absolute Gasteiger partial charge is 0.507 e. The van der Waals surface area contributed by atoms with Gasteiger partial charge in [-0.3, -0.25) is 9.59 Å². The third-order valence-electron chi connectivity index (χ3n) is 7.57. The van der Waals surface area contributed by atoms with Gasteiger partial charge < -0.3 is 44.5 Å². The Hall–Kier alpha value is -3.06. The number of benzene rings is 2. The summed E-state index contributed by atoms with van der Waals surface area (Å²) in [4.78, 5) is 27.0. The maximum Gasteiger partial charge on any atom is 0.201 e. The van der Waals surface area contributed by atoms with Gasteiger partial charge in [0.1, 0.15) is 35.6 Å². The molecule has 1 saturated heterocycles. The number of methoxy groups -OCH3 is 2. The van der Waals surface area contributed by atoms with Gasteiger partial charge in [-0.2, -0.15) is 0 Å². The number of hydrogen-bond acceptors (Lipinski definition) is 11. The fraction of sp³-hybridized carbons (Fsp3) is 0.481. The van der Waals surface area contributed by atoms with Gasteiger partial charge in [0, 0.05) is 42.7 Å². The molecule has 0 bridgehead atoms. The zero-order valence-electron chi connectivity index (χ0n) is 21.3. The Morgan fingerprint density at radius 2 is 1.68 bits per heavy atom. The molecule has 11 nitrogen and oxygen atoms in total. The number of aliphatic hydroxyl groups is 3. The molecule has 2 aromatic carbocycles. The van der Waals surface area contributed by atoms with E-state index in [4.69, 9.17) is 18.9 Å². The zero-order valence-corrected chi connectivity index (χ0v) is 21.3. The van der Waals surface area contributed by atoms with Gasteiger partial charge in [-0.15, -0.1) is 0 Å². The molecule has 1 heterocycles. The van der Waals surface area contributed by atoms with Gasteiger partial charge in [-0.25, -0.2) is 0 Å². The summed E-state index contributed by atoms with van der Waals surface area (Å²) in [6.07, 6.45) is -6.64. The van der Waals surface area contributed by atoms with Crippen LogP contribution >= 0.6 is 0 Å². The second kappa shape index (κ2) is 9.30. The van der Waals surface area contributed by atoms with Crippen molar-refractivity contribution in [3.8, 4) is 17.2 Å². The molecule has 11 heteroatoms. The highest BCUT2D eigenvalue weighted by Gasteiger charge is 2.48. The number of rotatable bonds is 4. The van der Waals surface area contributed by atoms with E-state index in [1.54, 1.807) is 13.8 Å². The van der Waals surface area contributed by atoms with Gasteiger partial charge >= 0.3 is 0 Å². The third-order valence-corrected chi connectivity index (χ3v) is 7.57. The molecule has 0 amide bonds. The average Bonchev–Trinajstić information content (AvgIpc) is 2.84. The molecule has 1 fully saturated rings. The van der Waals surface area contributed by atoms with Crippen molar-refractivity contribution in [2.45, 2.75) is 69.1 Å². The zero-order chi connectivity index (χ0) is 27.7. The van der Waals surface area contributed by atoms with Crippen molar-refractivity contribution in [2.24, 2.45) is 0 Å². The lowest BCUT2D eigenvalue weighted by Crippen LogP contribution is -2.58. The Labute approximate surface area is 218 Å². The number of carbonyl (C=O) groups is 2. The molecule has 2 aliphatic carbocycles. The molecule has 0 unspecified atom stereocenters. The molecule has 0 aromatic heterocycles. The van der Waals surface area contributed by atoms with Crippen LogP contribution in [-0.4, -0.2) is 87.6 Å². The Kier molecular flexibility index (Phi) is 6.49. The molecule has 7 atom stereocenters. The van der Waals surface area contributed by atoms with E-state index >= 15 is 0 Å². The topological polar surface area (TPSA) is 172 Å². The lowest BCUT2D eigenvalue weighted by Gasteiger charge is -2.44. The quantitative estimate of drug-likeness (QED) is 0.327. The minimum absolute atomic E-state index is 0.0170. The number of ether oxygens (including phenoxy) is 4. The highest BCUT2D eigenvalue weighted by atomic mass is 16.7. The molecule has 5 rings (SSSR count). The molecule has 1 aliphatic heterocycles. The van der Waals surface area contributed by atoms with Crippen molar-refractivity contribution in [3.63, 3.8) is 0 Å². The van der Waals surface area contributed by atoms with Crippen LogP contribution in [0.3, 0.4) is 0 Å². The van der Waals surface area contributed by atoms with Crippen LogP contribution in [0, 0.1) is 0 Å². The monoisotopic (exact) mass is 530 g/mol. The first kappa shape index (κ1) is 26.5. The number of ketones is 2. The van der Waals surface area contributed by atoms with Crippen molar-refractivity contribution in [3.05, 3.63) is 51.6 Å². The fourth-order valence-electron chi connectivity index (χ4n) is 5.68. The molecule has 38 heavy (non-hydrogen) atoms. The lowest BCUT2D eigenvalue weighted by atomic mass is 9.74. The van der Waals surface area contributed by atoms with Crippen LogP contribution in [-0.2, 0) is 20.6 Å². The van der Waals surface area contributed by atoms with Gasteiger partial charge in [0.25, 0.3) is 0 Å². The van der Waals surface area contributed by atoms with Gasteiger partial charge in [0.2, 0.25) is 5.78 Å². The Morgan fingerprint density at radius 1 is 1.00 bits per heavy atom. The van der Waals surface area contributed by atoms with Gasteiger partial charge in [0.15, 0.2) is 12.1 Å². The van der Waals surface area contributed by atoms with Crippen molar-refractivity contribution in [1.82, 2.24) is 0 Å². The first-order valence-electron chi connectivity index (χ1n) is 12.2. The van der Waals surface area contributed by atoms with Crippen molar-refractivity contribution in [1.29, 1.82) is 0 Å². The Morgan fingerprint density at radius 3 is 2.34 bits per heavy atom. The summed E-state index contributed by atoms with van der Waals surface area (Å²) in [5.74, 6) is -2.12. The number of carbonyl (C=O) groups excluding carboxylic acids is 2. The lowest BCUT2D eigenvalue weighted by molar-refractivity contribution is -0.313. The summed E-state index contributed by atoms with van der Waals surface area (Å²) in [7, 11) is 2.68. The number of phenolic OH excluding ortho intramolecular Hbond substituents is 2. The van der Waals surface area contributed by atoms with Crippen LogP contribution in [0.4, 0.5) is 0 Å². The van der Waals surface area contributed by atoms with Gasteiger partial charge in [0.05, 0.1) is 36.0 Å². The van der Waals surface area contributed by atoms with E-state index in [1.165, 1.54) is 32.4 Å². The first-order chi connectivity index (χ1) is 17.9. The maximum atomic E-state index is 13.5. The van der Waals surface area contributed by atoms with E-state index in [0.29, 0.717) is 5.56 Å². The van der Waals surface area contributed by atoms with E-state index in [0.717, 1.165) is 0 Å². The first-order valence-corrected chi connectivity index (χ1v) is 12.2. The second-order valence-electron chi connectivity index (χ2n) is 10.3. The molecule has 0 saturated carbocycles. The fourth-order valence-corrected chi connectivity index (χ4v) is 5.68. The van der Waals surface area contributed by atoms with Gasteiger partial charge in [-0.05, 0) is 31.5 Å². The van der Waals surface area contributed by atoms with Crippen LogP contribution in [0.5, 0.6) is 17.2 Å². The highest BCUT2D eigenvalue weighted by Crippen LogP contribution is 2.48. The number of aliphatic hydroxyl groups excluding tert-OH is 2. The molecule has 5 N–H and O–H groups in total. The molecule has 0 spiro atoms. The van der Waals surface area contributed by atoms with Crippen molar-refractivity contribution < 1.29 is 54.1 Å². The minimum atomic E-state index is -1.33. The summed E-state index contributed by atoms with van der Waals surface area (Å²) in [6.45, 7) is 3.13. The predicted molar refractivity (Wildman–Crippen MR) is 130 cm³/mol. The smallest absolute Gasteiger partial charge is 0.201 e. The normalized spacial score (nSPS) is 32.4. The SMILES string of the molecule is COc1cc(O)c2c(c1)C(=O)c1cc3c(c(O)c1C2=O)[C@@H](O[C@@H]1O[C@H](C)[C@H](O)[C@@H](O)[C@H]1OC)C[C@](C)(O)C3. The average molecular weight is 531 g/mol. The number of hydrogen-bond donors (Lipinski definition) is 5. The number of phenols is 2. The molecule has 3 aliphatic rings. The van der Waals surface area contributed by atoms with Gasteiger partial charge in [-0.1, -0.05) is 0 Å². The van der Waals surface area contributed by atoms with E-state index < -0.39 is 65.5 Å². The summed E-state index contributed by atoms with van der Waals surface area (Å²) in [6, 6.07) is 4.01. The molecular formula is C27H30O11. The summed E-state index contributed by atoms with van der Waals surface area (Å²) < 4.78 is 22.3. The van der Waals surface area contributed by atoms with E-state index in [1.807, 2.05) is 0 Å². The third kappa shape index (κ3) is 4.06. The Balaban J connectivity index is 1.62. The maximum absolute atomic E-state index is 13.5. The van der Waals surface area contributed by atoms with Crippen LogP contribution in [0.2, 0.25) is 0 Å². The van der Waals surface area contributed by atoms with Crippen LogP contribution in [0.1, 0.15) is 69.3 Å². The summed E-state index contributed by atoms with van der Waals surface area (Å²) in [5.41, 5.74) is -1.42. The van der Waals surface area contributed by atoms with E-state index in [9.17, 15) is 35.1 Å². The molecule has 0 radical (unpaired) electrons. The number of aromatic hydroxyl groups is 2. The van der Waals surface area contributed by atoms with E-state index in [-0.39, 0.29) is 46.4 Å².